The summed E-state index contributed by atoms with van der Waals surface area (Å²) in [5.74, 6) is 0.229. The summed E-state index contributed by atoms with van der Waals surface area (Å²) in [6, 6.07) is 8.39. The monoisotopic (exact) mass is 393 g/mol. The zero-order valence-corrected chi connectivity index (χ0v) is 15.2. The van der Waals surface area contributed by atoms with Crippen LogP contribution in [0.15, 0.2) is 42.7 Å². The molecule has 0 spiro atoms. The van der Waals surface area contributed by atoms with E-state index in [2.05, 4.69) is 15.5 Å². The van der Waals surface area contributed by atoms with E-state index in [0.29, 0.717) is 12.2 Å². The summed E-state index contributed by atoms with van der Waals surface area (Å²) >= 11 is 0. The van der Waals surface area contributed by atoms with Crippen LogP contribution in [0.2, 0.25) is 0 Å². The molecule has 0 fully saturated rings. The van der Waals surface area contributed by atoms with Crippen LogP contribution in [0.3, 0.4) is 0 Å². The lowest BCUT2D eigenvalue weighted by atomic mass is 10.2. The molecule has 1 N–H and O–H groups in total. The molecule has 0 unspecified atom stereocenters. The van der Waals surface area contributed by atoms with Crippen molar-refractivity contribution < 1.29 is 22.7 Å². The molecule has 0 aliphatic heterocycles. The van der Waals surface area contributed by atoms with Crippen molar-refractivity contribution in [1.29, 1.82) is 0 Å². The molecule has 1 amide bonds. The first-order chi connectivity index (χ1) is 13.2. The Morgan fingerprint density at radius 2 is 2.07 bits per heavy atom. The summed E-state index contributed by atoms with van der Waals surface area (Å²) < 4.78 is 45.9. The van der Waals surface area contributed by atoms with Crippen LogP contribution >= 0.6 is 0 Å². The third-order valence-electron chi connectivity index (χ3n) is 3.96. The summed E-state index contributed by atoms with van der Waals surface area (Å²) in [5, 5.41) is 10.2. The number of aromatic nitrogens is 4. The lowest BCUT2D eigenvalue weighted by molar-refractivity contribution is -0.141. The highest BCUT2D eigenvalue weighted by atomic mass is 19.4. The van der Waals surface area contributed by atoms with Gasteiger partial charge in [0.15, 0.2) is 5.69 Å². The van der Waals surface area contributed by atoms with Gasteiger partial charge in [-0.2, -0.15) is 23.4 Å². The van der Waals surface area contributed by atoms with Crippen molar-refractivity contribution in [3.63, 3.8) is 0 Å². The molecule has 148 valence electrons. The molecule has 3 rings (SSSR count). The predicted molar refractivity (Wildman–Crippen MR) is 94.9 cm³/mol. The van der Waals surface area contributed by atoms with Crippen molar-refractivity contribution in [2.75, 3.05) is 12.4 Å². The largest absolute Gasteiger partial charge is 0.497 e. The second kappa shape index (κ2) is 7.75. The van der Waals surface area contributed by atoms with Gasteiger partial charge in [0, 0.05) is 11.9 Å². The molecular formula is C18H18F3N5O2. The van der Waals surface area contributed by atoms with E-state index in [1.54, 1.807) is 18.0 Å². The maximum atomic E-state index is 12.7. The molecule has 10 heteroatoms. The number of hydrogen-bond donors (Lipinski definition) is 1. The SMILES string of the molecule is COc1cccc(Cn2cc(NC(=O)Cn3nc(C(F)(F)F)cc3C)cn2)c1. The van der Waals surface area contributed by atoms with Gasteiger partial charge in [-0.05, 0) is 30.7 Å². The van der Waals surface area contributed by atoms with E-state index in [1.165, 1.54) is 13.1 Å². The fourth-order valence-electron chi connectivity index (χ4n) is 2.62. The van der Waals surface area contributed by atoms with Crippen molar-refractivity contribution in [3.05, 3.63) is 59.7 Å². The van der Waals surface area contributed by atoms with Crippen LogP contribution in [0.25, 0.3) is 0 Å². The molecule has 0 bridgehead atoms. The number of amides is 1. The van der Waals surface area contributed by atoms with Crippen molar-refractivity contribution in [1.82, 2.24) is 19.6 Å². The van der Waals surface area contributed by atoms with E-state index >= 15 is 0 Å². The second-order valence-electron chi connectivity index (χ2n) is 6.15. The number of rotatable bonds is 6. The number of carbonyl (C=O) groups is 1. The zero-order valence-electron chi connectivity index (χ0n) is 15.2. The molecule has 0 aliphatic carbocycles. The van der Waals surface area contributed by atoms with Crippen LogP contribution in [0, 0.1) is 6.92 Å². The van der Waals surface area contributed by atoms with E-state index in [0.717, 1.165) is 22.1 Å². The molecule has 0 saturated carbocycles. The number of carbonyl (C=O) groups excluding carboxylic acids is 1. The van der Waals surface area contributed by atoms with Gasteiger partial charge in [0.1, 0.15) is 12.3 Å². The normalized spacial score (nSPS) is 11.5. The Morgan fingerprint density at radius 1 is 1.29 bits per heavy atom. The lowest BCUT2D eigenvalue weighted by Gasteiger charge is -2.06. The molecule has 2 heterocycles. The van der Waals surface area contributed by atoms with Crippen LogP contribution < -0.4 is 10.1 Å². The van der Waals surface area contributed by atoms with Crippen molar-refractivity contribution in [3.8, 4) is 5.75 Å². The Morgan fingerprint density at radius 3 is 2.75 bits per heavy atom. The van der Waals surface area contributed by atoms with Crippen LogP contribution in [-0.4, -0.2) is 32.6 Å². The Hall–Kier alpha value is -3.30. The van der Waals surface area contributed by atoms with Crippen LogP contribution in [0.1, 0.15) is 17.0 Å². The first-order valence-corrected chi connectivity index (χ1v) is 8.31. The topological polar surface area (TPSA) is 74.0 Å². The van der Waals surface area contributed by atoms with Gasteiger partial charge in [-0.25, -0.2) is 0 Å². The van der Waals surface area contributed by atoms with Crippen molar-refractivity contribution in [2.45, 2.75) is 26.2 Å². The number of hydrogen-bond acceptors (Lipinski definition) is 4. The first-order valence-electron chi connectivity index (χ1n) is 8.31. The number of ether oxygens (including phenoxy) is 1. The van der Waals surface area contributed by atoms with Crippen LogP contribution in [-0.2, 0) is 24.1 Å². The van der Waals surface area contributed by atoms with E-state index in [9.17, 15) is 18.0 Å². The molecule has 0 aliphatic rings. The van der Waals surface area contributed by atoms with Crippen LogP contribution in [0.4, 0.5) is 18.9 Å². The molecule has 0 atom stereocenters. The van der Waals surface area contributed by atoms with Gasteiger partial charge in [-0.1, -0.05) is 12.1 Å². The molecule has 0 radical (unpaired) electrons. The summed E-state index contributed by atoms with van der Waals surface area (Å²) in [6.45, 7) is 1.60. The second-order valence-corrected chi connectivity index (χ2v) is 6.15. The smallest absolute Gasteiger partial charge is 0.435 e. The fraction of sp³-hybridized carbons (Fsp3) is 0.278. The Bertz CT molecular complexity index is 978. The minimum atomic E-state index is -4.55. The standard InChI is InChI=1S/C18H18F3N5O2/c1-12-6-16(18(19,20)21)24-26(12)11-17(27)23-14-8-22-25(10-14)9-13-4-3-5-15(7-13)28-2/h3-8,10H,9,11H2,1-2H3,(H,23,27). The third-order valence-corrected chi connectivity index (χ3v) is 3.96. The van der Waals surface area contributed by atoms with Gasteiger partial charge >= 0.3 is 6.18 Å². The van der Waals surface area contributed by atoms with Gasteiger partial charge in [0.2, 0.25) is 5.91 Å². The Labute approximate surface area is 158 Å². The van der Waals surface area contributed by atoms with Crippen LogP contribution in [0.5, 0.6) is 5.75 Å². The summed E-state index contributed by atoms with van der Waals surface area (Å²) in [7, 11) is 1.58. The maximum Gasteiger partial charge on any atom is 0.435 e. The number of alkyl halides is 3. The predicted octanol–water partition coefficient (Wildman–Crippen LogP) is 3.10. The maximum absolute atomic E-state index is 12.7. The number of aryl methyl sites for hydroxylation is 1. The lowest BCUT2D eigenvalue weighted by Crippen LogP contribution is -2.20. The van der Waals surface area contributed by atoms with E-state index in [4.69, 9.17) is 4.74 Å². The number of benzene rings is 1. The number of nitrogens with one attached hydrogen (secondary N) is 1. The Balaban J connectivity index is 1.62. The quantitative estimate of drug-likeness (QED) is 0.699. The molecule has 3 aromatic rings. The number of nitrogens with zero attached hydrogens (tertiary/aromatic N) is 4. The molecular weight excluding hydrogens is 375 g/mol. The summed E-state index contributed by atoms with van der Waals surface area (Å²) in [6.07, 6.45) is -1.45. The molecule has 7 nitrogen and oxygen atoms in total. The van der Waals surface area contributed by atoms with Gasteiger partial charge in [-0.15, -0.1) is 0 Å². The minimum Gasteiger partial charge on any atom is -0.497 e. The van der Waals surface area contributed by atoms with Crippen molar-refractivity contribution >= 4 is 11.6 Å². The third kappa shape index (κ3) is 4.70. The van der Waals surface area contributed by atoms with E-state index < -0.39 is 17.8 Å². The highest BCUT2D eigenvalue weighted by Crippen LogP contribution is 2.28. The van der Waals surface area contributed by atoms with Crippen molar-refractivity contribution in [2.24, 2.45) is 0 Å². The first kappa shape index (κ1) is 19.5. The average Bonchev–Trinajstić information content (AvgIpc) is 3.21. The van der Waals surface area contributed by atoms with E-state index in [-0.39, 0.29) is 12.2 Å². The number of anilines is 1. The average molecular weight is 393 g/mol. The van der Waals surface area contributed by atoms with E-state index in [1.807, 2.05) is 24.3 Å². The fourth-order valence-corrected chi connectivity index (χ4v) is 2.62. The van der Waals surface area contributed by atoms with Gasteiger partial charge < -0.3 is 10.1 Å². The van der Waals surface area contributed by atoms with Gasteiger partial charge in [0.05, 0.1) is 25.5 Å². The Kier molecular flexibility index (Phi) is 5.39. The highest BCUT2D eigenvalue weighted by Gasteiger charge is 2.34. The highest BCUT2D eigenvalue weighted by molar-refractivity contribution is 5.90. The number of methoxy groups -OCH3 is 1. The van der Waals surface area contributed by atoms with Gasteiger partial charge in [0.25, 0.3) is 0 Å². The zero-order chi connectivity index (χ0) is 20.3. The number of halogens is 3. The molecule has 0 saturated heterocycles. The van der Waals surface area contributed by atoms with Gasteiger partial charge in [-0.3, -0.25) is 14.2 Å². The molecule has 28 heavy (non-hydrogen) atoms. The summed E-state index contributed by atoms with van der Waals surface area (Å²) in [4.78, 5) is 12.1. The molecule has 2 aromatic heterocycles. The summed E-state index contributed by atoms with van der Waals surface area (Å²) in [5.41, 5.74) is 0.626. The molecule has 1 aromatic carbocycles. The minimum absolute atomic E-state index is 0.246.